The first-order chi connectivity index (χ1) is 8.33. The molecule has 2 N–H and O–H groups in total. The first-order valence-corrected chi connectivity index (χ1v) is 7.30. The highest BCUT2D eigenvalue weighted by atomic mass is 16.1. The zero-order chi connectivity index (χ0) is 12.3. The van der Waals surface area contributed by atoms with Gasteiger partial charge in [-0.05, 0) is 44.7 Å². The van der Waals surface area contributed by atoms with Gasteiger partial charge >= 0.3 is 0 Å². The van der Waals surface area contributed by atoms with Crippen LogP contribution in [0.3, 0.4) is 0 Å². The van der Waals surface area contributed by atoms with Crippen LogP contribution in [-0.4, -0.2) is 25.5 Å². The predicted molar refractivity (Wildman–Crippen MR) is 72.0 cm³/mol. The number of hydrogen-bond acceptors (Lipinski definition) is 2. The van der Waals surface area contributed by atoms with Gasteiger partial charge in [0.15, 0.2) is 0 Å². The monoisotopic (exact) mass is 240 g/mol. The van der Waals surface area contributed by atoms with Crippen molar-refractivity contribution in [2.45, 2.75) is 58.3 Å². The maximum Gasteiger partial charge on any atom is 0.219 e. The third kappa shape index (κ3) is 7.37. The fourth-order valence-corrected chi connectivity index (χ4v) is 2.39. The van der Waals surface area contributed by atoms with Crippen molar-refractivity contribution >= 4 is 5.91 Å². The van der Waals surface area contributed by atoms with E-state index in [0.29, 0.717) is 6.42 Å². The Morgan fingerprint density at radius 2 is 2.24 bits per heavy atom. The van der Waals surface area contributed by atoms with E-state index in [1.54, 1.807) is 0 Å². The lowest BCUT2D eigenvalue weighted by Crippen LogP contribution is -2.33. The summed E-state index contributed by atoms with van der Waals surface area (Å²) in [6, 6.07) is 0. The molecule has 0 aromatic rings. The Balaban J connectivity index is 1.92. The van der Waals surface area contributed by atoms with Gasteiger partial charge in [-0.25, -0.2) is 0 Å². The predicted octanol–water partition coefficient (Wildman–Crippen LogP) is 2.46. The van der Waals surface area contributed by atoms with Crippen molar-refractivity contribution in [3.05, 3.63) is 0 Å². The second-order valence-electron chi connectivity index (χ2n) is 5.16. The number of carbonyl (C=O) groups is 1. The van der Waals surface area contributed by atoms with Crippen molar-refractivity contribution in [1.29, 1.82) is 0 Å². The number of hydrogen-bond donors (Lipinski definition) is 2. The first kappa shape index (κ1) is 14.5. The smallest absolute Gasteiger partial charge is 0.219 e. The van der Waals surface area contributed by atoms with E-state index in [0.717, 1.165) is 31.8 Å². The molecule has 1 aliphatic heterocycles. The molecule has 1 aliphatic rings. The van der Waals surface area contributed by atoms with E-state index >= 15 is 0 Å². The molecular formula is C14H28N2O. The van der Waals surface area contributed by atoms with E-state index in [1.807, 2.05) is 0 Å². The number of piperidine rings is 1. The van der Waals surface area contributed by atoms with Crippen molar-refractivity contribution < 1.29 is 4.79 Å². The normalized spacial score (nSPS) is 20.2. The van der Waals surface area contributed by atoms with Crippen molar-refractivity contribution in [3.63, 3.8) is 0 Å². The van der Waals surface area contributed by atoms with Crippen LogP contribution >= 0.6 is 0 Å². The molecular weight excluding hydrogens is 212 g/mol. The van der Waals surface area contributed by atoms with E-state index < -0.39 is 0 Å². The van der Waals surface area contributed by atoms with Gasteiger partial charge < -0.3 is 10.6 Å². The molecule has 1 rings (SSSR count). The number of carbonyl (C=O) groups excluding carboxylic acids is 1. The molecule has 1 fully saturated rings. The average Bonchev–Trinajstić information content (AvgIpc) is 2.36. The van der Waals surface area contributed by atoms with Gasteiger partial charge in [0, 0.05) is 13.0 Å². The molecule has 0 aromatic heterocycles. The molecule has 100 valence electrons. The molecule has 0 radical (unpaired) electrons. The van der Waals surface area contributed by atoms with Gasteiger partial charge in [0.1, 0.15) is 0 Å². The van der Waals surface area contributed by atoms with Crippen LogP contribution in [-0.2, 0) is 4.79 Å². The molecule has 1 heterocycles. The van der Waals surface area contributed by atoms with E-state index in [9.17, 15) is 4.79 Å². The van der Waals surface area contributed by atoms with Crippen LogP contribution in [0.5, 0.6) is 0 Å². The van der Waals surface area contributed by atoms with E-state index in [2.05, 4.69) is 17.6 Å². The minimum absolute atomic E-state index is 0.241. The van der Waals surface area contributed by atoms with Crippen molar-refractivity contribution in [2.24, 2.45) is 5.92 Å². The number of nitrogens with one attached hydrogen (secondary N) is 2. The van der Waals surface area contributed by atoms with E-state index in [1.165, 1.54) is 38.6 Å². The highest BCUT2D eigenvalue weighted by Gasteiger charge is 2.12. The fraction of sp³-hybridized carbons (Fsp3) is 0.929. The summed E-state index contributed by atoms with van der Waals surface area (Å²) in [5, 5.41) is 6.45. The summed E-state index contributed by atoms with van der Waals surface area (Å²) < 4.78 is 0. The second-order valence-corrected chi connectivity index (χ2v) is 5.16. The van der Waals surface area contributed by atoms with Gasteiger partial charge in [0.25, 0.3) is 0 Å². The molecule has 17 heavy (non-hydrogen) atoms. The molecule has 1 amide bonds. The van der Waals surface area contributed by atoms with Crippen LogP contribution in [0, 0.1) is 5.92 Å². The standard InChI is InChI=1S/C14H28N2O/c1-2-3-4-5-8-14(17)16-11-9-13-7-6-10-15-12-13/h13,15H,2-12H2,1H3,(H,16,17). The third-order valence-corrected chi connectivity index (χ3v) is 3.53. The summed E-state index contributed by atoms with van der Waals surface area (Å²) in [6.07, 6.45) is 9.17. The molecule has 0 saturated carbocycles. The molecule has 3 nitrogen and oxygen atoms in total. The van der Waals surface area contributed by atoms with Crippen LogP contribution in [0.25, 0.3) is 0 Å². The maximum atomic E-state index is 11.5. The fourth-order valence-electron chi connectivity index (χ4n) is 2.39. The zero-order valence-electron chi connectivity index (χ0n) is 11.3. The highest BCUT2D eigenvalue weighted by molar-refractivity contribution is 5.75. The molecule has 1 atom stereocenters. The van der Waals surface area contributed by atoms with Crippen LogP contribution in [0.15, 0.2) is 0 Å². The second kappa shape index (κ2) is 9.46. The lowest BCUT2D eigenvalue weighted by atomic mass is 9.96. The Bertz CT molecular complexity index is 200. The molecule has 0 spiro atoms. The maximum absolute atomic E-state index is 11.5. The van der Waals surface area contributed by atoms with Crippen LogP contribution in [0.2, 0.25) is 0 Å². The molecule has 3 heteroatoms. The minimum Gasteiger partial charge on any atom is -0.356 e. The Hall–Kier alpha value is -0.570. The zero-order valence-corrected chi connectivity index (χ0v) is 11.3. The lowest BCUT2D eigenvalue weighted by Gasteiger charge is -2.22. The quantitative estimate of drug-likeness (QED) is 0.640. The van der Waals surface area contributed by atoms with Gasteiger partial charge in [0.2, 0.25) is 5.91 Å². The Labute approximate surface area is 106 Å². The molecule has 1 saturated heterocycles. The minimum atomic E-state index is 0.241. The highest BCUT2D eigenvalue weighted by Crippen LogP contribution is 2.12. The summed E-state index contributed by atoms with van der Waals surface area (Å²) in [5.41, 5.74) is 0. The summed E-state index contributed by atoms with van der Waals surface area (Å²) in [7, 11) is 0. The largest absolute Gasteiger partial charge is 0.356 e. The van der Waals surface area contributed by atoms with Crippen molar-refractivity contribution in [3.8, 4) is 0 Å². The van der Waals surface area contributed by atoms with E-state index in [4.69, 9.17) is 0 Å². The molecule has 0 bridgehead atoms. The van der Waals surface area contributed by atoms with Gasteiger partial charge in [-0.2, -0.15) is 0 Å². The molecule has 0 aromatic carbocycles. The lowest BCUT2D eigenvalue weighted by molar-refractivity contribution is -0.121. The van der Waals surface area contributed by atoms with Gasteiger partial charge in [-0.1, -0.05) is 26.2 Å². The number of rotatable bonds is 8. The first-order valence-electron chi connectivity index (χ1n) is 7.30. The topological polar surface area (TPSA) is 41.1 Å². The van der Waals surface area contributed by atoms with Gasteiger partial charge in [-0.3, -0.25) is 4.79 Å². The Kier molecular flexibility index (Phi) is 8.06. The van der Waals surface area contributed by atoms with Crippen molar-refractivity contribution in [2.75, 3.05) is 19.6 Å². The van der Waals surface area contributed by atoms with Crippen molar-refractivity contribution in [1.82, 2.24) is 10.6 Å². The van der Waals surface area contributed by atoms with E-state index in [-0.39, 0.29) is 5.91 Å². The number of unbranched alkanes of at least 4 members (excludes halogenated alkanes) is 3. The van der Waals surface area contributed by atoms with Crippen LogP contribution < -0.4 is 10.6 Å². The van der Waals surface area contributed by atoms with Gasteiger partial charge in [-0.15, -0.1) is 0 Å². The molecule has 1 unspecified atom stereocenters. The summed E-state index contributed by atoms with van der Waals surface area (Å²) in [4.78, 5) is 11.5. The summed E-state index contributed by atoms with van der Waals surface area (Å²) >= 11 is 0. The molecule has 0 aliphatic carbocycles. The Morgan fingerprint density at radius 3 is 2.94 bits per heavy atom. The third-order valence-electron chi connectivity index (χ3n) is 3.53. The summed E-state index contributed by atoms with van der Waals surface area (Å²) in [5.74, 6) is 1.01. The SMILES string of the molecule is CCCCCCC(=O)NCCC1CCCNC1. The van der Waals surface area contributed by atoms with Gasteiger partial charge in [0.05, 0.1) is 0 Å². The van der Waals surface area contributed by atoms with Crippen LogP contribution in [0.1, 0.15) is 58.3 Å². The van der Waals surface area contributed by atoms with Crippen LogP contribution in [0.4, 0.5) is 0 Å². The number of amides is 1. The summed E-state index contributed by atoms with van der Waals surface area (Å²) in [6.45, 7) is 5.35. The Morgan fingerprint density at radius 1 is 1.35 bits per heavy atom. The average molecular weight is 240 g/mol.